The molecule has 2 aromatic carbocycles. The molecule has 0 saturated carbocycles. The van der Waals surface area contributed by atoms with Crippen molar-refractivity contribution in [1.29, 1.82) is 0 Å². The van der Waals surface area contributed by atoms with Gasteiger partial charge in [0.15, 0.2) is 5.78 Å². The zero-order chi connectivity index (χ0) is 14.7. The van der Waals surface area contributed by atoms with Crippen molar-refractivity contribution < 1.29 is 20.1 Å². The summed E-state index contributed by atoms with van der Waals surface area (Å²) in [6, 6.07) is 9.32. The minimum Gasteiger partial charge on any atom is -0.508 e. The molecule has 0 aliphatic rings. The predicted octanol–water partition coefficient (Wildman–Crippen LogP) is 2.93. The summed E-state index contributed by atoms with van der Waals surface area (Å²) in [4.78, 5) is 12.1. The van der Waals surface area contributed by atoms with Gasteiger partial charge in [-0.3, -0.25) is 4.79 Å². The maximum atomic E-state index is 12.1. The summed E-state index contributed by atoms with van der Waals surface area (Å²) in [6.45, 7) is 1.73. The van der Waals surface area contributed by atoms with E-state index in [1.807, 2.05) is 0 Å². The molecule has 0 radical (unpaired) electrons. The smallest absolute Gasteiger partial charge is 0.166 e. The lowest BCUT2D eigenvalue weighted by molar-refractivity contribution is 0.0980. The third-order valence-electron chi connectivity index (χ3n) is 3.23. The van der Waals surface area contributed by atoms with Gasteiger partial charge in [-0.15, -0.1) is 0 Å². The van der Waals surface area contributed by atoms with Crippen LogP contribution in [-0.4, -0.2) is 21.1 Å². The van der Waals surface area contributed by atoms with Crippen molar-refractivity contribution in [2.75, 3.05) is 0 Å². The van der Waals surface area contributed by atoms with Crippen molar-refractivity contribution in [3.63, 3.8) is 0 Å². The molecule has 3 N–H and O–H groups in total. The highest BCUT2D eigenvalue weighted by Gasteiger charge is 2.13. The normalized spacial score (nSPS) is 10.4. The summed E-state index contributed by atoms with van der Waals surface area (Å²) in [7, 11) is 0. The minimum atomic E-state index is -0.182. The first kappa shape index (κ1) is 13.9. The van der Waals surface area contributed by atoms with Crippen LogP contribution in [0.5, 0.6) is 17.2 Å². The van der Waals surface area contributed by atoms with E-state index in [2.05, 4.69) is 0 Å². The summed E-state index contributed by atoms with van der Waals surface area (Å²) < 4.78 is 0. The summed E-state index contributed by atoms with van der Waals surface area (Å²) in [5.41, 5.74) is 1.54. The average molecular weight is 272 g/mol. The van der Waals surface area contributed by atoms with Crippen molar-refractivity contribution in [2.45, 2.75) is 19.8 Å². The van der Waals surface area contributed by atoms with Gasteiger partial charge in [0.25, 0.3) is 0 Å². The first-order valence-corrected chi connectivity index (χ1v) is 6.31. The third-order valence-corrected chi connectivity index (χ3v) is 3.23. The number of hydrogen-bond donors (Lipinski definition) is 3. The second-order valence-corrected chi connectivity index (χ2v) is 4.71. The number of phenols is 3. The molecule has 0 aliphatic carbocycles. The van der Waals surface area contributed by atoms with Crippen LogP contribution in [0.4, 0.5) is 0 Å². The topological polar surface area (TPSA) is 77.8 Å². The molecule has 0 bridgehead atoms. The number of hydrogen-bond acceptors (Lipinski definition) is 4. The summed E-state index contributed by atoms with van der Waals surface area (Å²) >= 11 is 0. The van der Waals surface area contributed by atoms with Crippen LogP contribution in [0.3, 0.4) is 0 Å². The van der Waals surface area contributed by atoms with Crippen LogP contribution in [0.1, 0.15) is 27.9 Å². The number of ketones is 1. The van der Waals surface area contributed by atoms with Gasteiger partial charge in [-0.1, -0.05) is 18.2 Å². The van der Waals surface area contributed by atoms with Gasteiger partial charge in [-0.05, 0) is 36.6 Å². The highest BCUT2D eigenvalue weighted by atomic mass is 16.3. The lowest BCUT2D eigenvalue weighted by Crippen LogP contribution is -2.02. The van der Waals surface area contributed by atoms with E-state index in [0.717, 1.165) is 0 Å². The van der Waals surface area contributed by atoms with Gasteiger partial charge in [-0.2, -0.15) is 0 Å². The molecule has 4 heteroatoms. The van der Waals surface area contributed by atoms with Crippen LogP contribution in [0.25, 0.3) is 0 Å². The Labute approximate surface area is 116 Å². The van der Waals surface area contributed by atoms with Crippen molar-refractivity contribution in [3.05, 3.63) is 53.1 Å². The van der Waals surface area contributed by atoms with Gasteiger partial charge in [0, 0.05) is 12.5 Å². The first-order chi connectivity index (χ1) is 9.49. The van der Waals surface area contributed by atoms with E-state index in [-0.39, 0.29) is 29.5 Å². The maximum absolute atomic E-state index is 12.1. The van der Waals surface area contributed by atoms with Crippen molar-refractivity contribution in [1.82, 2.24) is 0 Å². The van der Waals surface area contributed by atoms with Gasteiger partial charge in [-0.25, -0.2) is 0 Å². The standard InChI is InChI=1S/C16H16O4/c1-10-3-2-4-13(16(10)20)14(18)8-6-11-5-7-12(17)9-15(11)19/h2-5,7,9,17,19-20H,6,8H2,1H3. The Morgan fingerprint density at radius 3 is 2.55 bits per heavy atom. The number of carbonyl (C=O) groups is 1. The molecule has 0 heterocycles. The highest BCUT2D eigenvalue weighted by Crippen LogP contribution is 2.26. The lowest BCUT2D eigenvalue weighted by Gasteiger charge is -2.07. The predicted molar refractivity (Wildman–Crippen MR) is 75.3 cm³/mol. The molecular weight excluding hydrogens is 256 g/mol. The Balaban J connectivity index is 2.11. The fourth-order valence-corrected chi connectivity index (χ4v) is 2.03. The Morgan fingerprint density at radius 2 is 1.85 bits per heavy atom. The summed E-state index contributed by atoms with van der Waals surface area (Å²) in [5, 5.41) is 28.7. The van der Waals surface area contributed by atoms with Gasteiger partial charge >= 0.3 is 0 Å². The Hall–Kier alpha value is -2.49. The molecule has 0 saturated heterocycles. The summed E-state index contributed by atoms with van der Waals surface area (Å²) in [6.07, 6.45) is 0.522. The molecule has 0 atom stereocenters. The number of carbonyl (C=O) groups excluding carboxylic acids is 1. The maximum Gasteiger partial charge on any atom is 0.166 e. The first-order valence-electron chi connectivity index (χ1n) is 6.31. The van der Waals surface area contributed by atoms with Gasteiger partial charge in [0.1, 0.15) is 17.2 Å². The molecule has 2 aromatic rings. The van der Waals surface area contributed by atoms with Crippen molar-refractivity contribution in [2.24, 2.45) is 0 Å². The Bertz CT molecular complexity index is 647. The fourth-order valence-electron chi connectivity index (χ4n) is 2.03. The van der Waals surface area contributed by atoms with E-state index in [1.165, 1.54) is 12.1 Å². The number of para-hydroxylation sites is 1. The quantitative estimate of drug-likeness (QED) is 0.748. The van der Waals surface area contributed by atoms with E-state index < -0.39 is 0 Å². The second kappa shape index (κ2) is 5.65. The molecule has 20 heavy (non-hydrogen) atoms. The number of phenolic OH excluding ortho intramolecular Hbond substituents is 3. The van der Waals surface area contributed by atoms with Gasteiger partial charge < -0.3 is 15.3 Å². The number of benzene rings is 2. The molecule has 0 amide bonds. The minimum absolute atomic E-state index is 0.00688. The van der Waals surface area contributed by atoms with E-state index in [0.29, 0.717) is 23.1 Å². The average Bonchev–Trinajstić information content (AvgIpc) is 2.40. The fraction of sp³-hybridized carbons (Fsp3) is 0.188. The molecule has 2 rings (SSSR count). The van der Waals surface area contributed by atoms with Crippen LogP contribution < -0.4 is 0 Å². The zero-order valence-electron chi connectivity index (χ0n) is 11.1. The van der Waals surface area contributed by atoms with Gasteiger partial charge in [0.05, 0.1) is 5.56 Å². The molecule has 0 aliphatic heterocycles. The number of aromatic hydroxyl groups is 3. The van der Waals surface area contributed by atoms with E-state index >= 15 is 0 Å². The highest BCUT2D eigenvalue weighted by molar-refractivity contribution is 5.99. The van der Waals surface area contributed by atoms with Gasteiger partial charge in [0.2, 0.25) is 0 Å². The van der Waals surface area contributed by atoms with Crippen molar-refractivity contribution in [3.8, 4) is 17.2 Å². The van der Waals surface area contributed by atoms with Crippen LogP contribution in [0.2, 0.25) is 0 Å². The molecule has 104 valence electrons. The number of aryl methyl sites for hydroxylation is 2. The number of Topliss-reactive ketones (excluding diaryl/α,β-unsaturated/α-hetero) is 1. The SMILES string of the molecule is Cc1cccc(C(=O)CCc2ccc(O)cc2O)c1O. The van der Waals surface area contributed by atoms with Crippen LogP contribution >= 0.6 is 0 Å². The van der Waals surface area contributed by atoms with Crippen LogP contribution in [0, 0.1) is 6.92 Å². The molecule has 0 aromatic heterocycles. The monoisotopic (exact) mass is 272 g/mol. The molecule has 0 fully saturated rings. The third kappa shape index (κ3) is 2.91. The Kier molecular flexibility index (Phi) is 3.94. The summed E-state index contributed by atoms with van der Waals surface area (Å²) in [5.74, 6) is -0.230. The zero-order valence-corrected chi connectivity index (χ0v) is 11.1. The van der Waals surface area contributed by atoms with E-state index in [9.17, 15) is 20.1 Å². The molecule has 0 spiro atoms. The molecular formula is C16H16O4. The largest absolute Gasteiger partial charge is 0.508 e. The number of rotatable bonds is 4. The lowest BCUT2D eigenvalue weighted by atomic mass is 10.00. The van der Waals surface area contributed by atoms with Crippen LogP contribution in [0.15, 0.2) is 36.4 Å². The molecule has 4 nitrogen and oxygen atoms in total. The molecule has 0 unspecified atom stereocenters. The second-order valence-electron chi connectivity index (χ2n) is 4.71. The van der Waals surface area contributed by atoms with Crippen LogP contribution in [-0.2, 0) is 6.42 Å². The van der Waals surface area contributed by atoms with Crippen molar-refractivity contribution >= 4 is 5.78 Å². The van der Waals surface area contributed by atoms with E-state index in [1.54, 1.807) is 31.2 Å². The Morgan fingerprint density at radius 1 is 1.10 bits per heavy atom. The van der Waals surface area contributed by atoms with E-state index in [4.69, 9.17) is 0 Å².